The number of rotatable bonds is 6. The van der Waals surface area contributed by atoms with Crippen LogP contribution in [0.2, 0.25) is 0 Å². The Hall–Kier alpha value is -1.82. The topological polar surface area (TPSA) is 59.2 Å². The lowest BCUT2D eigenvalue weighted by molar-refractivity contribution is -0.131. The SMILES string of the molecule is CCN(C(=O)CSc1nnc(-c2ccccc2C)o1)C1CCCCC1. The molecule has 1 amide bonds. The van der Waals surface area contributed by atoms with Gasteiger partial charge in [0.1, 0.15) is 0 Å². The van der Waals surface area contributed by atoms with Crippen molar-refractivity contribution in [2.45, 2.75) is 57.2 Å². The van der Waals surface area contributed by atoms with E-state index in [9.17, 15) is 4.79 Å². The number of amides is 1. The average Bonchev–Trinajstić information content (AvgIpc) is 3.11. The standard InChI is InChI=1S/C19H25N3O2S/c1-3-22(15-10-5-4-6-11-15)17(23)13-25-19-21-20-18(24-19)16-12-8-7-9-14(16)2/h7-9,12,15H,3-6,10-11,13H2,1-2H3. The molecule has 1 aliphatic rings. The highest BCUT2D eigenvalue weighted by Gasteiger charge is 2.24. The van der Waals surface area contributed by atoms with Crippen molar-refractivity contribution in [2.24, 2.45) is 0 Å². The van der Waals surface area contributed by atoms with Crippen molar-refractivity contribution < 1.29 is 9.21 Å². The Morgan fingerprint density at radius 2 is 2.00 bits per heavy atom. The van der Waals surface area contributed by atoms with Crippen molar-refractivity contribution in [1.82, 2.24) is 15.1 Å². The Bertz CT molecular complexity index is 710. The van der Waals surface area contributed by atoms with E-state index in [0.717, 1.165) is 30.5 Å². The molecule has 1 aromatic heterocycles. The maximum absolute atomic E-state index is 12.6. The summed E-state index contributed by atoms with van der Waals surface area (Å²) in [5.74, 6) is 1.02. The Morgan fingerprint density at radius 1 is 1.24 bits per heavy atom. The van der Waals surface area contributed by atoms with E-state index in [1.54, 1.807) is 0 Å². The third kappa shape index (κ3) is 4.42. The van der Waals surface area contributed by atoms with E-state index in [4.69, 9.17) is 4.42 Å². The van der Waals surface area contributed by atoms with Gasteiger partial charge in [-0.2, -0.15) is 0 Å². The Labute approximate surface area is 153 Å². The molecule has 0 saturated heterocycles. The highest BCUT2D eigenvalue weighted by molar-refractivity contribution is 7.99. The molecule has 0 N–H and O–H groups in total. The first-order chi connectivity index (χ1) is 12.2. The van der Waals surface area contributed by atoms with E-state index in [0.29, 0.717) is 22.9 Å². The van der Waals surface area contributed by atoms with Crippen molar-refractivity contribution in [3.05, 3.63) is 29.8 Å². The first-order valence-electron chi connectivity index (χ1n) is 9.00. The fourth-order valence-electron chi connectivity index (χ4n) is 3.43. The number of thioether (sulfide) groups is 1. The first-order valence-corrected chi connectivity index (χ1v) is 9.99. The van der Waals surface area contributed by atoms with Crippen LogP contribution in [-0.2, 0) is 4.79 Å². The van der Waals surface area contributed by atoms with E-state index in [1.807, 2.05) is 36.1 Å². The summed E-state index contributed by atoms with van der Waals surface area (Å²) in [5, 5.41) is 8.65. The lowest BCUT2D eigenvalue weighted by Crippen LogP contribution is -2.42. The molecule has 0 aliphatic heterocycles. The van der Waals surface area contributed by atoms with Gasteiger partial charge in [-0.05, 0) is 38.3 Å². The fraction of sp³-hybridized carbons (Fsp3) is 0.526. The molecule has 2 aromatic rings. The number of carbonyl (C=O) groups excluding carboxylic acids is 1. The summed E-state index contributed by atoms with van der Waals surface area (Å²) >= 11 is 1.33. The second-order valence-electron chi connectivity index (χ2n) is 6.45. The predicted octanol–water partition coefficient (Wildman–Crippen LogP) is 4.32. The molecule has 1 aliphatic carbocycles. The highest BCUT2D eigenvalue weighted by Crippen LogP contribution is 2.27. The molecule has 25 heavy (non-hydrogen) atoms. The molecule has 1 aromatic carbocycles. The fourth-order valence-corrected chi connectivity index (χ4v) is 4.08. The molecule has 0 atom stereocenters. The molecule has 0 spiro atoms. The largest absolute Gasteiger partial charge is 0.411 e. The van der Waals surface area contributed by atoms with Gasteiger partial charge in [0.25, 0.3) is 5.22 Å². The van der Waals surface area contributed by atoms with Gasteiger partial charge in [0.2, 0.25) is 11.8 Å². The zero-order valence-electron chi connectivity index (χ0n) is 14.9. The Morgan fingerprint density at radius 3 is 2.72 bits per heavy atom. The Kier molecular flexibility index (Phi) is 6.13. The maximum atomic E-state index is 12.6. The average molecular weight is 359 g/mol. The molecular formula is C19H25N3O2S. The normalized spacial score (nSPS) is 15.3. The minimum atomic E-state index is 0.162. The molecule has 134 valence electrons. The van der Waals surface area contributed by atoms with Crippen molar-refractivity contribution in [1.29, 1.82) is 0 Å². The zero-order chi connectivity index (χ0) is 17.6. The molecule has 6 heteroatoms. The molecule has 0 bridgehead atoms. The van der Waals surface area contributed by atoms with Crippen LogP contribution in [0.25, 0.3) is 11.5 Å². The van der Waals surface area contributed by atoms with Crippen molar-refractivity contribution in [3.63, 3.8) is 0 Å². The van der Waals surface area contributed by atoms with Gasteiger partial charge in [0.15, 0.2) is 0 Å². The molecule has 1 heterocycles. The number of hydrogen-bond donors (Lipinski definition) is 0. The first kappa shape index (κ1) is 18.0. The van der Waals surface area contributed by atoms with Crippen LogP contribution in [0.5, 0.6) is 0 Å². The number of carbonyl (C=O) groups is 1. The summed E-state index contributed by atoms with van der Waals surface area (Å²) in [6.45, 7) is 4.84. The van der Waals surface area contributed by atoms with Crippen LogP contribution in [0.15, 0.2) is 33.9 Å². The van der Waals surface area contributed by atoms with Crippen molar-refractivity contribution in [3.8, 4) is 11.5 Å². The van der Waals surface area contributed by atoms with E-state index >= 15 is 0 Å². The second kappa shape index (κ2) is 8.52. The third-order valence-corrected chi connectivity index (χ3v) is 5.58. The monoisotopic (exact) mass is 359 g/mol. The molecule has 3 rings (SSSR count). The van der Waals surface area contributed by atoms with E-state index in [1.165, 1.54) is 31.0 Å². The van der Waals surface area contributed by atoms with Crippen LogP contribution in [0.4, 0.5) is 0 Å². The summed E-state index contributed by atoms with van der Waals surface area (Å²) in [4.78, 5) is 14.6. The third-order valence-electron chi connectivity index (χ3n) is 4.78. The minimum Gasteiger partial charge on any atom is -0.411 e. The van der Waals surface area contributed by atoms with Crippen molar-refractivity contribution in [2.75, 3.05) is 12.3 Å². The molecule has 1 fully saturated rings. The smallest absolute Gasteiger partial charge is 0.277 e. The quantitative estimate of drug-likeness (QED) is 0.719. The number of aryl methyl sites for hydroxylation is 1. The summed E-state index contributed by atoms with van der Waals surface area (Å²) in [6.07, 6.45) is 6.00. The van der Waals surface area contributed by atoms with E-state index in [-0.39, 0.29) is 5.91 Å². The van der Waals surface area contributed by atoms with Gasteiger partial charge in [-0.25, -0.2) is 0 Å². The maximum Gasteiger partial charge on any atom is 0.277 e. The van der Waals surface area contributed by atoms with Crippen LogP contribution in [0.1, 0.15) is 44.6 Å². The van der Waals surface area contributed by atoms with E-state index in [2.05, 4.69) is 17.1 Å². The number of aromatic nitrogens is 2. The summed E-state index contributed by atoms with van der Waals surface area (Å²) in [5.41, 5.74) is 2.03. The molecule has 0 unspecified atom stereocenters. The Balaban J connectivity index is 1.59. The second-order valence-corrected chi connectivity index (χ2v) is 7.37. The van der Waals surface area contributed by atoms with Crippen LogP contribution in [-0.4, -0.2) is 39.3 Å². The van der Waals surface area contributed by atoms with Gasteiger partial charge in [-0.1, -0.05) is 49.2 Å². The van der Waals surface area contributed by atoms with Crippen molar-refractivity contribution >= 4 is 17.7 Å². The van der Waals surface area contributed by atoms with Crippen LogP contribution in [0, 0.1) is 6.92 Å². The van der Waals surface area contributed by atoms with E-state index < -0.39 is 0 Å². The number of hydrogen-bond acceptors (Lipinski definition) is 5. The van der Waals surface area contributed by atoms with Gasteiger partial charge in [-0.15, -0.1) is 10.2 Å². The van der Waals surface area contributed by atoms with Crippen LogP contribution in [0.3, 0.4) is 0 Å². The predicted molar refractivity (Wildman–Crippen MR) is 99.5 cm³/mol. The lowest BCUT2D eigenvalue weighted by atomic mass is 9.94. The summed E-state index contributed by atoms with van der Waals surface area (Å²) in [6, 6.07) is 8.31. The molecule has 1 saturated carbocycles. The summed E-state index contributed by atoms with van der Waals surface area (Å²) in [7, 11) is 0. The van der Waals surface area contributed by atoms with Gasteiger partial charge < -0.3 is 9.32 Å². The van der Waals surface area contributed by atoms with Crippen LogP contribution < -0.4 is 0 Å². The van der Waals surface area contributed by atoms with Gasteiger partial charge >= 0.3 is 0 Å². The summed E-state index contributed by atoms with van der Waals surface area (Å²) < 4.78 is 5.73. The van der Waals surface area contributed by atoms with Gasteiger partial charge in [-0.3, -0.25) is 4.79 Å². The molecule has 0 radical (unpaired) electrons. The number of nitrogens with zero attached hydrogens (tertiary/aromatic N) is 3. The molecule has 5 nitrogen and oxygen atoms in total. The van der Waals surface area contributed by atoms with Gasteiger partial charge in [0, 0.05) is 18.2 Å². The van der Waals surface area contributed by atoms with Gasteiger partial charge in [0.05, 0.1) is 5.75 Å². The molecular weight excluding hydrogens is 334 g/mol. The van der Waals surface area contributed by atoms with Crippen LogP contribution >= 0.6 is 11.8 Å². The lowest BCUT2D eigenvalue weighted by Gasteiger charge is -2.33. The zero-order valence-corrected chi connectivity index (χ0v) is 15.7. The highest BCUT2D eigenvalue weighted by atomic mass is 32.2. The minimum absolute atomic E-state index is 0.162. The number of benzene rings is 1.